The van der Waals surface area contributed by atoms with Crippen molar-refractivity contribution in [1.82, 2.24) is 0 Å². The molecule has 0 spiro atoms. The van der Waals surface area contributed by atoms with E-state index in [0.29, 0.717) is 18.4 Å². The van der Waals surface area contributed by atoms with Crippen molar-refractivity contribution in [3.8, 4) is 6.07 Å². The van der Waals surface area contributed by atoms with Crippen LogP contribution in [0.2, 0.25) is 0 Å². The van der Waals surface area contributed by atoms with E-state index in [4.69, 9.17) is 10.4 Å². The molecule has 1 N–H and O–H groups in total. The summed E-state index contributed by atoms with van der Waals surface area (Å²) in [6.07, 6.45) is 1.07. The van der Waals surface area contributed by atoms with Gasteiger partial charge in [-0.15, -0.1) is 0 Å². The molecule has 1 unspecified atom stereocenters. The van der Waals surface area contributed by atoms with Gasteiger partial charge in [-0.2, -0.15) is 5.26 Å². The summed E-state index contributed by atoms with van der Waals surface area (Å²) in [6.45, 7) is 1.87. The van der Waals surface area contributed by atoms with E-state index >= 15 is 0 Å². The number of carbonyl (C=O) groups is 1. The number of aliphatic carboxylic acids is 1. The molecule has 0 aromatic heterocycles. The highest BCUT2D eigenvalue weighted by Crippen LogP contribution is 2.29. The molecule has 0 radical (unpaired) electrons. The number of carboxylic acid groups (broad SMARTS) is 1. The third-order valence-corrected chi connectivity index (χ3v) is 5.67. The van der Waals surface area contributed by atoms with Gasteiger partial charge in [0.1, 0.15) is 6.07 Å². The number of halogens is 3. The first kappa shape index (κ1) is 16.4. The summed E-state index contributed by atoms with van der Waals surface area (Å²) in [7, 11) is 0. The van der Waals surface area contributed by atoms with E-state index in [2.05, 4.69) is 73.8 Å². The van der Waals surface area contributed by atoms with Crippen LogP contribution in [0.1, 0.15) is 24.5 Å². The first-order valence-corrected chi connectivity index (χ1v) is 8.45. The summed E-state index contributed by atoms with van der Waals surface area (Å²) < 4.78 is 2.82. The van der Waals surface area contributed by atoms with Gasteiger partial charge in [0.2, 0.25) is 0 Å². The molecule has 0 bridgehead atoms. The molecule has 1 rings (SSSR count). The highest BCUT2D eigenvalue weighted by molar-refractivity contribution is 14.1. The van der Waals surface area contributed by atoms with Gasteiger partial charge in [0.25, 0.3) is 0 Å². The molecule has 1 aromatic rings. The molecule has 6 heteroatoms. The van der Waals surface area contributed by atoms with E-state index < -0.39 is 11.9 Å². The molecule has 0 aliphatic rings. The van der Waals surface area contributed by atoms with Crippen LogP contribution in [0.25, 0.3) is 0 Å². The third kappa shape index (κ3) is 3.69. The number of benzene rings is 1. The highest BCUT2D eigenvalue weighted by atomic mass is 127. The Balaban J connectivity index is 3.25. The summed E-state index contributed by atoms with van der Waals surface area (Å²) in [5.41, 5.74) is 1.62. The van der Waals surface area contributed by atoms with Gasteiger partial charge >= 0.3 is 5.97 Å². The number of nitriles is 1. The molecule has 0 aliphatic carbocycles. The van der Waals surface area contributed by atoms with Gasteiger partial charge in [-0.25, -0.2) is 0 Å². The molecule has 0 amide bonds. The highest BCUT2D eigenvalue weighted by Gasteiger charge is 2.21. The fourth-order valence-corrected chi connectivity index (χ4v) is 5.63. The second kappa shape index (κ2) is 7.23. The Labute approximate surface area is 147 Å². The summed E-state index contributed by atoms with van der Waals surface area (Å²) in [5, 5.41) is 18.3. The standard InChI is InChI=1S/C12H10I3NO2/c1-2-6(12(17)18)3-7-9(13)4-10(14)8(5-16)11(7)15/h4,6H,2-3H2,1H3,(H,17,18). The van der Waals surface area contributed by atoms with Crippen LogP contribution >= 0.6 is 67.8 Å². The number of hydrogen-bond donors (Lipinski definition) is 1. The van der Waals surface area contributed by atoms with Gasteiger partial charge in [0.05, 0.1) is 11.5 Å². The quantitative estimate of drug-likeness (QED) is 0.548. The normalized spacial score (nSPS) is 11.9. The average Bonchev–Trinajstić information content (AvgIpc) is 2.28. The van der Waals surface area contributed by atoms with Crippen LogP contribution in [0.4, 0.5) is 0 Å². The van der Waals surface area contributed by atoms with Crippen LogP contribution in [0.15, 0.2) is 6.07 Å². The Hall–Kier alpha value is 0.370. The van der Waals surface area contributed by atoms with Gasteiger partial charge in [-0.1, -0.05) is 6.92 Å². The molecule has 96 valence electrons. The van der Waals surface area contributed by atoms with Crippen LogP contribution in [0, 0.1) is 28.0 Å². The maximum absolute atomic E-state index is 11.1. The second-order valence-corrected chi connectivity index (χ2v) is 7.17. The lowest BCUT2D eigenvalue weighted by atomic mass is 9.96. The van der Waals surface area contributed by atoms with Gasteiger partial charge in [0, 0.05) is 10.7 Å². The van der Waals surface area contributed by atoms with Crippen molar-refractivity contribution in [2.75, 3.05) is 0 Å². The van der Waals surface area contributed by atoms with E-state index in [-0.39, 0.29) is 0 Å². The number of carboxylic acids is 1. The lowest BCUT2D eigenvalue weighted by Gasteiger charge is -2.14. The SMILES string of the molecule is CCC(Cc1c(I)cc(I)c(C#N)c1I)C(=O)O. The zero-order chi connectivity index (χ0) is 13.9. The van der Waals surface area contributed by atoms with E-state index in [1.165, 1.54) is 0 Å². The predicted molar refractivity (Wildman–Crippen MR) is 94.4 cm³/mol. The van der Waals surface area contributed by atoms with E-state index in [1.54, 1.807) is 0 Å². The van der Waals surface area contributed by atoms with Gasteiger partial charge in [-0.05, 0) is 92.2 Å². The fourth-order valence-electron chi connectivity index (χ4n) is 1.57. The monoisotopic (exact) mass is 581 g/mol. The van der Waals surface area contributed by atoms with Crippen molar-refractivity contribution in [1.29, 1.82) is 5.26 Å². The minimum Gasteiger partial charge on any atom is -0.481 e. The Bertz CT molecular complexity index is 523. The molecular formula is C12H10I3NO2. The zero-order valence-electron chi connectivity index (χ0n) is 9.51. The Morgan fingerprint density at radius 3 is 2.50 bits per heavy atom. The first-order chi connectivity index (χ1) is 8.42. The lowest BCUT2D eigenvalue weighted by molar-refractivity contribution is -0.141. The maximum atomic E-state index is 11.1. The topological polar surface area (TPSA) is 61.1 Å². The van der Waals surface area contributed by atoms with E-state index in [9.17, 15) is 4.79 Å². The fraction of sp³-hybridized carbons (Fsp3) is 0.333. The molecule has 18 heavy (non-hydrogen) atoms. The zero-order valence-corrected chi connectivity index (χ0v) is 16.0. The molecule has 1 aromatic carbocycles. The molecule has 0 heterocycles. The number of nitrogens with zero attached hydrogens (tertiary/aromatic N) is 1. The summed E-state index contributed by atoms with van der Waals surface area (Å²) in [6, 6.07) is 4.12. The maximum Gasteiger partial charge on any atom is 0.306 e. The van der Waals surface area contributed by atoms with Crippen LogP contribution in [0.3, 0.4) is 0 Å². The predicted octanol–water partition coefficient (Wildman–Crippen LogP) is 4.03. The van der Waals surface area contributed by atoms with Crippen molar-refractivity contribution in [3.05, 3.63) is 27.9 Å². The van der Waals surface area contributed by atoms with Crippen molar-refractivity contribution in [2.45, 2.75) is 19.8 Å². The summed E-state index contributed by atoms with van der Waals surface area (Å²) >= 11 is 6.48. The number of rotatable bonds is 4. The van der Waals surface area contributed by atoms with E-state index in [0.717, 1.165) is 16.3 Å². The van der Waals surface area contributed by atoms with Crippen LogP contribution in [-0.2, 0) is 11.2 Å². The molecular weight excluding hydrogens is 571 g/mol. The second-order valence-electron chi connectivity index (χ2n) is 3.77. The van der Waals surface area contributed by atoms with Gasteiger partial charge < -0.3 is 5.11 Å². The van der Waals surface area contributed by atoms with Crippen molar-refractivity contribution >= 4 is 73.7 Å². The Morgan fingerprint density at radius 1 is 1.44 bits per heavy atom. The lowest BCUT2D eigenvalue weighted by Crippen LogP contribution is -2.17. The minimum atomic E-state index is -0.777. The first-order valence-electron chi connectivity index (χ1n) is 5.21. The molecule has 3 nitrogen and oxygen atoms in total. The van der Waals surface area contributed by atoms with Crippen molar-refractivity contribution in [2.24, 2.45) is 5.92 Å². The average molecular weight is 581 g/mol. The molecule has 0 saturated heterocycles. The van der Waals surface area contributed by atoms with Crippen molar-refractivity contribution in [3.63, 3.8) is 0 Å². The molecule has 1 atom stereocenters. The number of hydrogen-bond acceptors (Lipinski definition) is 2. The summed E-state index contributed by atoms with van der Waals surface area (Å²) in [4.78, 5) is 11.1. The largest absolute Gasteiger partial charge is 0.481 e. The van der Waals surface area contributed by atoms with Crippen LogP contribution in [0.5, 0.6) is 0 Å². The van der Waals surface area contributed by atoms with Gasteiger partial charge in [0.15, 0.2) is 0 Å². The Morgan fingerprint density at radius 2 is 2.06 bits per heavy atom. The molecule has 0 aliphatic heterocycles. The van der Waals surface area contributed by atoms with Crippen LogP contribution < -0.4 is 0 Å². The Kier molecular flexibility index (Phi) is 6.60. The molecule has 0 saturated carbocycles. The molecule has 0 fully saturated rings. The summed E-state index contributed by atoms with van der Waals surface area (Å²) in [5.74, 6) is -1.17. The van der Waals surface area contributed by atoms with Crippen LogP contribution in [-0.4, -0.2) is 11.1 Å². The van der Waals surface area contributed by atoms with Gasteiger partial charge in [-0.3, -0.25) is 4.79 Å². The minimum absolute atomic E-state index is 0.390. The third-order valence-electron chi connectivity index (χ3n) is 2.67. The smallest absolute Gasteiger partial charge is 0.306 e. The van der Waals surface area contributed by atoms with Crippen molar-refractivity contribution < 1.29 is 9.90 Å². The van der Waals surface area contributed by atoms with E-state index in [1.807, 2.05) is 13.0 Å².